The molecule has 184 valence electrons. The van der Waals surface area contributed by atoms with Gasteiger partial charge in [-0.3, -0.25) is 0 Å². The van der Waals surface area contributed by atoms with Crippen molar-refractivity contribution in [3.63, 3.8) is 0 Å². The van der Waals surface area contributed by atoms with E-state index in [1.807, 2.05) is 0 Å². The summed E-state index contributed by atoms with van der Waals surface area (Å²) >= 11 is 0. The first-order valence-electron chi connectivity index (χ1n) is 9.43. The van der Waals surface area contributed by atoms with Crippen LogP contribution in [0.15, 0.2) is 50.6 Å². The first-order valence-corrected chi connectivity index (χ1v) is 11.1. The lowest BCUT2D eigenvalue weighted by Crippen LogP contribution is -2.57. The first kappa shape index (κ1) is 29.9. The quantitative estimate of drug-likeness (QED) is 0.103. The number of hydrogen-bond acceptors (Lipinski definition) is 12. The minimum atomic E-state index is -4.61. The molecule has 0 bridgehead atoms. The van der Waals surface area contributed by atoms with Crippen LogP contribution in [-0.2, 0) is 55.8 Å². The van der Waals surface area contributed by atoms with Gasteiger partial charge in [-0.2, -0.15) is 0 Å². The summed E-state index contributed by atoms with van der Waals surface area (Å²) in [6, 6.07) is 0. The van der Waals surface area contributed by atoms with E-state index in [-0.39, 0.29) is 0 Å². The summed E-state index contributed by atoms with van der Waals surface area (Å²) in [6.07, 6.45) is -1.95. The van der Waals surface area contributed by atoms with Gasteiger partial charge in [0, 0.05) is 24.3 Å². The van der Waals surface area contributed by atoms with E-state index >= 15 is 0 Å². The molecule has 13 heteroatoms. The molecule has 0 aromatic rings. The van der Waals surface area contributed by atoms with Crippen molar-refractivity contribution in [2.45, 2.75) is 52.9 Å². The maximum atomic E-state index is 11.6. The molecule has 4 atom stereocenters. The van der Waals surface area contributed by atoms with E-state index in [2.05, 4.69) is 26.3 Å². The predicted octanol–water partition coefficient (Wildman–Crippen LogP) is 1.79. The van der Waals surface area contributed by atoms with Gasteiger partial charge in [0.2, 0.25) is 0 Å². The van der Waals surface area contributed by atoms with Crippen LogP contribution in [0.4, 0.5) is 0 Å². The van der Waals surface area contributed by atoms with E-state index < -0.39 is 58.1 Å². The van der Waals surface area contributed by atoms with Gasteiger partial charge in [-0.15, -0.1) is 0 Å². The van der Waals surface area contributed by atoms with Gasteiger partial charge in [-0.25, -0.2) is 19.2 Å². The highest BCUT2D eigenvalue weighted by Gasteiger charge is 2.54. The van der Waals surface area contributed by atoms with Crippen molar-refractivity contribution in [1.82, 2.24) is 0 Å². The third kappa shape index (κ3) is 12.5. The molecular weight excluding hydrogens is 460 g/mol. The monoisotopic (exact) mass is 488 g/mol. The van der Waals surface area contributed by atoms with E-state index in [1.54, 1.807) is 0 Å². The van der Waals surface area contributed by atoms with Crippen LogP contribution in [0.5, 0.6) is 0 Å². The summed E-state index contributed by atoms with van der Waals surface area (Å²) in [7, 11) is -4.61. The summed E-state index contributed by atoms with van der Waals surface area (Å²) in [5.41, 5.74) is 0. The smallest absolute Gasteiger partial charge is 0.434 e. The lowest BCUT2D eigenvalue weighted by Gasteiger charge is -2.34. The van der Waals surface area contributed by atoms with Crippen molar-refractivity contribution in [3.8, 4) is 0 Å². The Hall–Kier alpha value is -3.10. The average molecular weight is 489 g/mol. The van der Waals surface area contributed by atoms with Crippen molar-refractivity contribution in [3.05, 3.63) is 50.6 Å². The molecule has 0 saturated carbocycles. The highest BCUT2D eigenvalue weighted by Crippen LogP contribution is 2.23. The van der Waals surface area contributed by atoms with Crippen LogP contribution in [0.3, 0.4) is 0 Å². The zero-order valence-corrected chi connectivity index (χ0v) is 19.8. The van der Waals surface area contributed by atoms with Crippen LogP contribution in [0.2, 0.25) is 0 Å². The molecule has 33 heavy (non-hydrogen) atoms. The molecule has 0 fully saturated rings. The lowest BCUT2D eigenvalue weighted by atomic mass is 10.6. The molecule has 0 N–H and O–H groups in total. The summed E-state index contributed by atoms with van der Waals surface area (Å²) in [5, 5.41) is 0. The Balaban J connectivity index is 6.07. The second kappa shape index (κ2) is 14.9. The van der Waals surface area contributed by atoms with Crippen molar-refractivity contribution >= 4 is 32.9 Å². The van der Waals surface area contributed by atoms with E-state index in [1.165, 1.54) is 27.7 Å². The first-order chi connectivity index (χ1) is 15.4. The van der Waals surface area contributed by atoms with Crippen molar-refractivity contribution in [2.24, 2.45) is 0 Å². The Morgan fingerprint density at radius 2 is 0.697 bits per heavy atom. The zero-order chi connectivity index (χ0) is 25.6. The van der Waals surface area contributed by atoms with Gasteiger partial charge in [0.05, 0.1) is 0 Å². The molecule has 12 nitrogen and oxygen atoms in total. The minimum Gasteiger partial charge on any atom is -0.434 e. The molecule has 0 amide bonds. The molecule has 0 saturated heterocycles. The highest BCUT2D eigenvalue weighted by molar-refractivity contribution is 6.53. The van der Waals surface area contributed by atoms with Gasteiger partial charge >= 0.3 is 32.9 Å². The summed E-state index contributed by atoms with van der Waals surface area (Å²) in [5.74, 6) is -3.41. The number of esters is 4. The van der Waals surface area contributed by atoms with Crippen LogP contribution in [0.25, 0.3) is 0 Å². The fourth-order valence-electron chi connectivity index (χ4n) is 1.92. The lowest BCUT2D eigenvalue weighted by molar-refractivity contribution is -0.225. The Labute approximate surface area is 192 Å². The van der Waals surface area contributed by atoms with Gasteiger partial charge in [0.1, 0.15) is 0 Å². The van der Waals surface area contributed by atoms with Gasteiger partial charge in [-0.1, -0.05) is 26.3 Å². The maximum absolute atomic E-state index is 11.6. The molecule has 0 aromatic carbocycles. The van der Waals surface area contributed by atoms with Crippen molar-refractivity contribution in [1.29, 1.82) is 0 Å². The second-order valence-electron chi connectivity index (χ2n) is 5.81. The number of carbonyl (C=O) groups excluding carboxylic acids is 4. The molecule has 0 aliphatic carbocycles. The SMILES string of the molecule is C=CC(=O)OC(C)O[Si](OC(C)OC(=O)C=C)(OC(C)OC(=O)C=C)OC(C)OC(=O)C=C. The van der Waals surface area contributed by atoms with Crippen LogP contribution in [0.1, 0.15) is 27.7 Å². The zero-order valence-electron chi connectivity index (χ0n) is 18.8. The van der Waals surface area contributed by atoms with E-state index in [9.17, 15) is 19.2 Å². The van der Waals surface area contributed by atoms with E-state index in [4.69, 9.17) is 36.7 Å². The Bertz CT molecular complexity index is 624. The molecule has 4 unspecified atom stereocenters. The van der Waals surface area contributed by atoms with E-state index in [0.717, 1.165) is 24.3 Å². The largest absolute Gasteiger partial charge is 0.690 e. The molecule has 0 aromatic heterocycles. The maximum Gasteiger partial charge on any atom is 0.690 e. The van der Waals surface area contributed by atoms with Crippen LogP contribution in [0, 0.1) is 0 Å². The molecule has 0 rings (SSSR count). The van der Waals surface area contributed by atoms with Crippen LogP contribution < -0.4 is 0 Å². The molecule has 0 heterocycles. The van der Waals surface area contributed by atoms with Gasteiger partial charge in [0.25, 0.3) is 0 Å². The number of hydrogen-bond donors (Lipinski definition) is 0. The van der Waals surface area contributed by atoms with Gasteiger partial charge < -0.3 is 36.7 Å². The topological polar surface area (TPSA) is 142 Å². The van der Waals surface area contributed by atoms with E-state index in [0.29, 0.717) is 0 Å². The average Bonchev–Trinajstić information content (AvgIpc) is 2.72. The van der Waals surface area contributed by atoms with Crippen molar-refractivity contribution in [2.75, 3.05) is 0 Å². The standard InChI is InChI=1S/C20H28O12Si/c1-9-17(21)25-13(5)29-33(30-14(6)26-18(22)10-2,31-15(7)27-19(23)11-3)32-16(8)28-20(24)12-4/h9-16H,1-4H2,5-8H3. The van der Waals surface area contributed by atoms with Gasteiger partial charge in [0.15, 0.2) is 25.2 Å². The third-order valence-corrected chi connectivity index (χ3v) is 5.52. The third-order valence-electron chi connectivity index (χ3n) is 3.04. The summed E-state index contributed by atoms with van der Waals surface area (Å²) in [4.78, 5) is 46.2. The number of carbonyl (C=O) groups is 4. The Morgan fingerprint density at radius 3 is 0.848 bits per heavy atom. The van der Waals surface area contributed by atoms with Crippen molar-refractivity contribution < 1.29 is 55.8 Å². The fraction of sp³-hybridized carbons (Fsp3) is 0.400. The molecule has 0 radical (unpaired) electrons. The fourth-order valence-corrected chi connectivity index (χ4v) is 4.07. The number of rotatable bonds is 16. The normalized spacial score (nSPS) is 15.9. The summed E-state index contributed by atoms with van der Waals surface area (Å²) < 4.78 is 42.2. The minimum absolute atomic E-state index is 0.853. The molecule has 0 aliphatic rings. The predicted molar refractivity (Wildman–Crippen MR) is 113 cm³/mol. The summed E-state index contributed by atoms with van der Waals surface area (Å²) in [6.45, 7) is 18.2. The Kier molecular flexibility index (Phi) is 13.5. The Morgan fingerprint density at radius 1 is 0.515 bits per heavy atom. The van der Waals surface area contributed by atoms with Gasteiger partial charge in [-0.05, 0) is 27.7 Å². The number of ether oxygens (including phenoxy) is 4. The van der Waals surface area contributed by atoms with Crippen LogP contribution in [-0.4, -0.2) is 58.1 Å². The second-order valence-corrected chi connectivity index (χ2v) is 7.75. The molecular formula is C20H28O12Si. The highest BCUT2D eigenvalue weighted by atomic mass is 28.4. The molecule has 0 aliphatic heterocycles. The molecule has 0 spiro atoms. The van der Waals surface area contributed by atoms with Crippen LogP contribution >= 0.6 is 0 Å².